The second kappa shape index (κ2) is 18.6. The van der Waals surface area contributed by atoms with Crippen molar-refractivity contribution >= 4 is 22.9 Å². The van der Waals surface area contributed by atoms with Gasteiger partial charge in [0.2, 0.25) is 0 Å². The average Bonchev–Trinajstić information content (AvgIpc) is 3.65. The van der Waals surface area contributed by atoms with Crippen molar-refractivity contribution in [2.75, 3.05) is 9.80 Å². The Morgan fingerprint density at radius 2 is 0.885 bits per heavy atom. The second-order valence-corrected chi connectivity index (χ2v) is 16.5. The van der Waals surface area contributed by atoms with E-state index in [2.05, 4.69) is 56.3 Å². The smallest absolute Gasteiger partial charge is 0.552 e. The van der Waals surface area contributed by atoms with Crippen LogP contribution >= 0.6 is 0 Å². The number of nitrogens with zero attached hydrogens (tertiary/aromatic N) is 4. The number of aliphatic hydroxyl groups excluding tert-OH is 2. The number of carbonyl (C=O) groups excluding carboxylic acids is 2. The summed E-state index contributed by atoms with van der Waals surface area (Å²) in [4.78, 5) is 31.2. The van der Waals surface area contributed by atoms with Gasteiger partial charge in [-0.3, -0.25) is 33.9 Å². The van der Waals surface area contributed by atoms with Crippen LogP contribution in [0.1, 0.15) is 83.1 Å². The van der Waals surface area contributed by atoms with Crippen LogP contribution < -0.4 is 9.80 Å². The fourth-order valence-corrected chi connectivity index (χ4v) is 4.03. The molecule has 52 heavy (non-hydrogen) atoms. The van der Waals surface area contributed by atoms with Crippen LogP contribution in [0.15, 0.2) is 108 Å². The van der Waals surface area contributed by atoms with Crippen LogP contribution in [-0.4, -0.2) is 31.6 Å². The number of carbonyl (C=O) groups is 2. The van der Waals surface area contributed by atoms with Crippen molar-refractivity contribution in [3.63, 3.8) is 0 Å². The zero-order valence-corrected chi connectivity index (χ0v) is 36.9. The third-order valence-electron chi connectivity index (χ3n) is 7.71. The van der Waals surface area contributed by atoms with Gasteiger partial charge < -0.3 is 29.8 Å². The topological polar surface area (TPSA) is 87.6 Å². The summed E-state index contributed by atoms with van der Waals surface area (Å²) in [5.41, 5.74) is 2.69. The van der Waals surface area contributed by atoms with Crippen LogP contribution in [0.4, 0.5) is 11.4 Å². The fraction of sp³-hybridized carbons (Fsp3) is 0.381. The Bertz CT molecular complexity index is 1530. The maximum atomic E-state index is 11.5. The van der Waals surface area contributed by atoms with Gasteiger partial charge in [-0.1, -0.05) is 95.2 Å². The van der Waals surface area contributed by atoms with Crippen LogP contribution in [0, 0.1) is 47.1 Å². The molecule has 5 rings (SSSR count). The molecule has 4 aliphatic rings. The van der Waals surface area contributed by atoms with E-state index < -0.39 is 10.8 Å². The van der Waals surface area contributed by atoms with Crippen molar-refractivity contribution in [3.05, 3.63) is 134 Å². The predicted octanol–water partition coefficient (Wildman–Crippen LogP) is 9.79. The van der Waals surface area contributed by atoms with Crippen molar-refractivity contribution < 1.29 is 61.9 Å². The number of benzene rings is 1. The minimum absolute atomic E-state index is 0. The number of ketones is 2. The molecule has 10 heteroatoms. The molecule has 0 aliphatic carbocycles. The summed E-state index contributed by atoms with van der Waals surface area (Å²) in [6.07, 6.45) is 23.2. The van der Waals surface area contributed by atoms with Crippen molar-refractivity contribution in [3.8, 4) is 0 Å². The van der Waals surface area contributed by atoms with E-state index in [-0.39, 0.29) is 76.0 Å². The third-order valence-corrected chi connectivity index (χ3v) is 7.71. The van der Waals surface area contributed by atoms with E-state index >= 15 is 0 Å². The van der Waals surface area contributed by atoms with Gasteiger partial charge in [0.25, 0.3) is 0 Å². The van der Waals surface area contributed by atoms with E-state index in [1.54, 1.807) is 0 Å². The van der Waals surface area contributed by atoms with Gasteiger partial charge in [0, 0.05) is 45.2 Å². The number of anilines is 2. The van der Waals surface area contributed by atoms with E-state index in [1.165, 1.54) is 12.2 Å². The Balaban J connectivity index is 0.000000420. The van der Waals surface area contributed by atoms with Gasteiger partial charge in [0.05, 0.1) is 0 Å². The number of hydrogen-bond donors (Lipinski definition) is 2. The first-order valence-electron chi connectivity index (χ1n) is 16.8. The number of hydrogen-bond acceptors (Lipinski definition) is 8. The summed E-state index contributed by atoms with van der Waals surface area (Å²) in [6.45, 7) is 26.3. The number of rotatable bonds is 4. The van der Waals surface area contributed by atoms with Crippen molar-refractivity contribution in [2.45, 2.75) is 83.1 Å². The Labute approximate surface area is 341 Å². The molecule has 0 aromatic heterocycles. The number of aliphatic hydroxyl groups is 2. The molecule has 2 N–H and O–H groups in total. The van der Waals surface area contributed by atoms with Crippen molar-refractivity contribution in [1.82, 2.24) is 9.80 Å². The molecule has 0 fully saturated rings. The third kappa shape index (κ3) is 13.6. The molecule has 0 bridgehead atoms. The summed E-state index contributed by atoms with van der Waals surface area (Å²) >= 11 is 0. The van der Waals surface area contributed by atoms with Gasteiger partial charge in [-0.05, 0) is 49.1 Å². The molecular weight excluding hydrogens is 1010 g/mol. The van der Waals surface area contributed by atoms with Gasteiger partial charge in [0.1, 0.15) is 11.5 Å². The van der Waals surface area contributed by atoms with Crippen LogP contribution in [0.25, 0.3) is 0 Å². The van der Waals surface area contributed by atoms with E-state index in [9.17, 15) is 19.8 Å². The molecule has 0 unspecified atom stereocenters. The largest absolute Gasteiger partial charge is 2.00 e. The molecule has 0 spiro atoms. The van der Waals surface area contributed by atoms with Gasteiger partial charge in [-0.2, -0.15) is 13.3 Å². The fourth-order valence-electron chi connectivity index (χ4n) is 4.03. The van der Waals surface area contributed by atoms with Crippen LogP contribution in [0.3, 0.4) is 0 Å². The molecule has 0 amide bonds. The molecule has 4 aliphatic heterocycles. The summed E-state index contributed by atoms with van der Waals surface area (Å²) < 4.78 is 0. The van der Waals surface area contributed by atoms with Gasteiger partial charge in [0.15, 0.2) is 11.6 Å². The van der Waals surface area contributed by atoms with Crippen molar-refractivity contribution in [2.24, 2.45) is 21.7 Å². The minimum Gasteiger partial charge on any atom is -0.552 e. The molecule has 0 saturated carbocycles. The van der Waals surface area contributed by atoms with Crippen LogP contribution in [0.5, 0.6) is 0 Å². The van der Waals surface area contributed by atoms with Gasteiger partial charge in [-0.15, -0.1) is 0 Å². The molecule has 1 aromatic carbocycles. The predicted molar refractivity (Wildman–Crippen MR) is 203 cm³/mol. The quantitative estimate of drug-likeness (QED) is 0.175. The SMILES string of the molecule is CC(C)(C)C(=O)C=C(O)C(C)(C)C.CC(C)(C)C(=O)C=C(O)C(C)(C)C.[Pt+2].[Pt+2].[c-]1cc(N2C=C3C=CC=CN3[CH-]2)[c-]cc1N1C=C2C=CC=CN2[CH-]1. The van der Waals surface area contributed by atoms with Crippen LogP contribution in [0.2, 0.25) is 0 Å². The zero-order valence-electron chi connectivity index (χ0n) is 32.4. The van der Waals surface area contributed by atoms with Crippen molar-refractivity contribution in [1.29, 1.82) is 0 Å². The van der Waals surface area contributed by atoms with E-state index in [0.29, 0.717) is 0 Å². The first kappa shape index (κ1) is 46.7. The second-order valence-electron chi connectivity index (χ2n) is 16.5. The van der Waals surface area contributed by atoms with Gasteiger partial charge >= 0.3 is 42.1 Å². The van der Waals surface area contributed by atoms with E-state index in [0.717, 1.165) is 22.8 Å². The first-order valence-corrected chi connectivity index (χ1v) is 16.8. The first-order chi connectivity index (χ1) is 23.0. The van der Waals surface area contributed by atoms with E-state index in [4.69, 9.17) is 0 Å². The molecular formula is C42H54N4O4Pt2. The monoisotopic (exact) mass is 1070 g/mol. The molecule has 4 heterocycles. The average molecular weight is 1070 g/mol. The Hall–Kier alpha value is -3.34. The summed E-state index contributed by atoms with van der Waals surface area (Å²) in [5, 5.41) is 19.1. The summed E-state index contributed by atoms with van der Waals surface area (Å²) in [7, 11) is 0. The molecule has 0 saturated heterocycles. The Morgan fingerprint density at radius 3 is 1.13 bits per heavy atom. The van der Waals surface area contributed by atoms with E-state index in [1.807, 2.05) is 145 Å². The maximum absolute atomic E-state index is 11.5. The Kier molecular flexibility index (Phi) is 16.7. The minimum atomic E-state index is -0.417. The number of allylic oxidation sites excluding steroid dienone is 10. The normalized spacial score (nSPS) is 16.7. The maximum Gasteiger partial charge on any atom is 2.00 e. The standard InChI is InChI=1S/C20H14N4.2C11H20O2.2Pt/c1-3-11-21-15-23(13-19(21)5-1)17-7-9-18(10-8-17)24-14-20-6-2-4-12-22(20)16-24;2*1-10(2,3)8(12)7-9(13)11(4,5)6;;/h1-7,10-16H;2*7,12H,1-6H3;;/q-4;;;2*+2. The summed E-state index contributed by atoms with van der Waals surface area (Å²) in [6, 6.07) is 10.6. The van der Waals surface area contributed by atoms with Crippen LogP contribution in [-0.2, 0) is 51.7 Å². The molecule has 8 nitrogen and oxygen atoms in total. The molecule has 1 aromatic rings. The van der Waals surface area contributed by atoms with Gasteiger partial charge in [-0.25, -0.2) is 11.4 Å². The zero-order chi connectivity index (χ0) is 37.7. The molecule has 286 valence electrons. The molecule has 0 radical (unpaired) electrons. The number of fused-ring (bicyclic) bond motifs is 2. The molecule has 0 atom stereocenters. The Morgan fingerprint density at radius 1 is 0.558 bits per heavy atom. The summed E-state index contributed by atoms with van der Waals surface area (Å²) in [5.74, 6) is 0.208.